The second-order valence-electron chi connectivity index (χ2n) is 13.6. The zero-order valence-electron chi connectivity index (χ0n) is 29.7. The highest BCUT2D eigenvalue weighted by Crippen LogP contribution is 2.37. The number of halogens is 5. The van der Waals surface area contributed by atoms with Crippen LogP contribution < -0.4 is 14.8 Å². The Balaban J connectivity index is 1.19. The summed E-state index contributed by atoms with van der Waals surface area (Å²) in [5.74, 6) is -1.61. The van der Waals surface area contributed by atoms with Gasteiger partial charge in [-0.1, -0.05) is 59.6 Å². The summed E-state index contributed by atoms with van der Waals surface area (Å²) in [5.41, 5.74) is 1.97. The van der Waals surface area contributed by atoms with Crippen LogP contribution in [0.1, 0.15) is 71.4 Å². The van der Waals surface area contributed by atoms with Crippen molar-refractivity contribution in [1.29, 1.82) is 0 Å². The third-order valence-corrected chi connectivity index (χ3v) is 10.2. The van der Waals surface area contributed by atoms with Crippen molar-refractivity contribution in [2.75, 3.05) is 19.6 Å². The molecule has 3 fully saturated rings. The molecule has 1 aromatic heterocycles. The zero-order chi connectivity index (χ0) is 38.4. The van der Waals surface area contributed by atoms with Crippen LogP contribution in [0.5, 0.6) is 11.5 Å². The summed E-state index contributed by atoms with van der Waals surface area (Å²) in [6.45, 7) is 3.20. The van der Waals surface area contributed by atoms with E-state index in [2.05, 4.69) is 19.9 Å². The summed E-state index contributed by atoms with van der Waals surface area (Å²) >= 11 is 12.8. The SMILES string of the molecule is CC(C)Oc1cc([C@H](Cc2c(Cl)cncc2Cl)OC(=O)c2ccc(CNC(C(=O)O[C@H]3CN4CCC3CC4)c3ccccc3F)cc2)ccc1OC(F)F. The highest BCUT2D eigenvalue weighted by Gasteiger charge is 2.38. The summed E-state index contributed by atoms with van der Waals surface area (Å²) in [6, 6.07) is 15.8. The normalized spacial score (nSPS) is 19.0. The number of hydrogen-bond acceptors (Lipinski definition) is 9. The number of nitrogens with zero attached hydrogens (tertiary/aromatic N) is 2. The van der Waals surface area contributed by atoms with Crippen molar-refractivity contribution in [3.8, 4) is 11.5 Å². The Labute approximate surface area is 321 Å². The molecule has 4 aromatic rings. The number of fused-ring (bicyclic) bond motifs is 3. The first-order chi connectivity index (χ1) is 25.9. The van der Waals surface area contributed by atoms with E-state index in [1.165, 1.54) is 36.7 Å². The maximum Gasteiger partial charge on any atom is 0.387 e. The molecule has 3 aliphatic heterocycles. The van der Waals surface area contributed by atoms with E-state index in [9.17, 15) is 22.8 Å². The van der Waals surface area contributed by atoms with E-state index in [4.69, 9.17) is 37.4 Å². The number of hydrogen-bond donors (Lipinski definition) is 1. The van der Waals surface area contributed by atoms with Crippen LogP contribution >= 0.6 is 23.2 Å². The molecule has 0 aliphatic carbocycles. The van der Waals surface area contributed by atoms with Gasteiger partial charge in [0.05, 0.1) is 21.7 Å². The van der Waals surface area contributed by atoms with Crippen LogP contribution in [0.15, 0.2) is 79.1 Å². The van der Waals surface area contributed by atoms with Crippen LogP contribution in [0.3, 0.4) is 0 Å². The van der Waals surface area contributed by atoms with Gasteiger partial charge in [0.2, 0.25) is 0 Å². The number of benzene rings is 3. The number of pyridine rings is 1. The Morgan fingerprint density at radius 3 is 2.28 bits per heavy atom. The molecule has 3 aliphatic rings. The minimum atomic E-state index is -3.08. The first kappa shape index (κ1) is 39.3. The lowest BCUT2D eigenvalue weighted by atomic mass is 9.86. The quantitative estimate of drug-likeness (QED) is 0.119. The average Bonchev–Trinajstić information content (AvgIpc) is 3.14. The molecule has 3 atom stereocenters. The lowest BCUT2D eigenvalue weighted by Crippen LogP contribution is -2.52. The van der Waals surface area contributed by atoms with Gasteiger partial charge in [-0.05, 0) is 92.7 Å². The number of esters is 2. The molecule has 0 spiro atoms. The van der Waals surface area contributed by atoms with E-state index in [-0.39, 0.29) is 57.8 Å². The van der Waals surface area contributed by atoms with Crippen molar-refractivity contribution < 1.29 is 41.7 Å². The summed E-state index contributed by atoms with van der Waals surface area (Å²) in [6.07, 6.45) is 3.17. The third-order valence-electron chi connectivity index (χ3n) is 9.53. The fraction of sp³-hybridized carbons (Fsp3) is 0.375. The molecule has 0 radical (unpaired) electrons. The van der Waals surface area contributed by atoms with Gasteiger partial charge in [0.25, 0.3) is 0 Å². The minimum absolute atomic E-state index is 0.0251. The van der Waals surface area contributed by atoms with Crippen molar-refractivity contribution in [3.63, 3.8) is 0 Å². The zero-order valence-corrected chi connectivity index (χ0v) is 31.2. The lowest BCUT2D eigenvalue weighted by molar-refractivity contribution is -0.161. The lowest BCUT2D eigenvalue weighted by Gasteiger charge is -2.44. The van der Waals surface area contributed by atoms with Crippen LogP contribution in [-0.2, 0) is 27.2 Å². The number of carbonyl (C=O) groups is 2. The van der Waals surface area contributed by atoms with E-state index in [1.54, 1.807) is 56.3 Å². The number of nitrogens with one attached hydrogen (secondary N) is 1. The molecule has 1 unspecified atom stereocenters. The third kappa shape index (κ3) is 9.84. The molecule has 3 saturated heterocycles. The Morgan fingerprint density at radius 1 is 0.944 bits per heavy atom. The van der Waals surface area contributed by atoms with Crippen LogP contribution in [0.25, 0.3) is 0 Å². The van der Waals surface area contributed by atoms with Crippen molar-refractivity contribution >= 4 is 35.1 Å². The number of carbonyl (C=O) groups excluding carboxylic acids is 2. The molecule has 0 amide bonds. The van der Waals surface area contributed by atoms with Gasteiger partial charge in [-0.15, -0.1) is 0 Å². The van der Waals surface area contributed by atoms with Crippen molar-refractivity contribution in [1.82, 2.24) is 15.2 Å². The Kier molecular flexibility index (Phi) is 13.0. The van der Waals surface area contributed by atoms with Crippen molar-refractivity contribution in [3.05, 3.63) is 123 Å². The van der Waals surface area contributed by atoms with E-state index < -0.39 is 36.5 Å². The van der Waals surface area contributed by atoms with Gasteiger partial charge >= 0.3 is 18.6 Å². The van der Waals surface area contributed by atoms with Gasteiger partial charge in [-0.2, -0.15) is 8.78 Å². The molecule has 2 bridgehead atoms. The molecule has 286 valence electrons. The first-order valence-corrected chi connectivity index (χ1v) is 18.4. The summed E-state index contributed by atoms with van der Waals surface area (Å²) in [4.78, 5) is 33.4. The standard InChI is InChI=1S/C40H40Cl2F3N3O6/c1-23(2)51-35-17-27(11-12-33(35)54-40(44)45)34(18-29-30(41)20-46-21-31(29)42)52-38(49)26-9-7-24(8-10-26)19-47-37(28-5-3-4-6-32(28)43)39(50)53-36-22-48-15-13-25(36)14-16-48/h3-12,17,20-21,23,25,34,36-37,40,47H,13-16,18-19,22H2,1-2H3/t34-,36-,37?/m0/s1. The number of piperidine rings is 3. The number of ether oxygens (including phenoxy) is 4. The van der Waals surface area contributed by atoms with Crippen LogP contribution in [0.2, 0.25) is 10.0 Å². The predicted molar refractivity (Wildman–Crippen MR) is 196 cm³/mol. The molecule has 9 nitrogen and oxygen atoms in total. The van der Waals surface area contributed by atoms with Crippen LogP contribution in [0.4, 0.5) is 13.2 Å². The maximum absolute atomic E-state index is 15.0. The van der Waals surface area contributed by atoms with Gasteiger partial charge in [0, 0.05) is 37.5 Å². The van der Waals surface area contributed by atoms with Crippen molar-refractivity contribution in [2.24, 2.45) is 5.92 Å². The molecule has 54 heavy (non-hydrogen) atoms. The predicted octanol–water partition coefficient (Wildman–Crippen LogP) is 8.53. The van der Waals surface area contributed by atoms with Gasteiger partial charge in [-0.25, -0.2) is 14.0 Å². The molecule has 0 saturated carbocycles. The monoisotopic (exact) mass is 785 g/mol. The van der Waals surface area contributed by atoms with Gasteiger partial charge in [-0.3, -0.25) is 15.2 Å². The number of alkyl halides is 2. The Hall–Kier alpha value is -4.36. The van der Waals surface area contributed by atoms with E-state index in [1.807, 2.05) is 0 Å². The summed E-state index contributed by atoms with van der Waals surface area (Å²) in [5, 5.41) is 3.65. The maximum atomic E-state index is 15.0. The highest BCUT2D eigenvalue weighted by molar-refractivity contribution is 6.35. The van der Waals surface area contributed by atoms with Crippen LogP contribution in [0, 0.1) is 11.7 Å². The van der Waals surface area contributed by atoms with E-state index in [0.29, 0.717) is 29.2 Å². The average molecular weight is 787 g/mol. The molecule has 1 N–H and O–H groups in total. The summed E-state index contributed by atoms with van der Waals surface area (Å²) in [7, 11) is 0. The van der Waals surface area contributed by atoms with Crippen LogP contribution in [-0.4, -0.2) is 60.3 Å². The highest BCUT2D eigenvalue weighted by atomic mass is 35.5. The second-order valence-corrected chi connectivity index (χ2v) is 14.4. The molecule has 7 rings (SSSR count). The fourth-order valence-corrected chi connectivity index (χ4v) is 7.30. The largest absolute Gasteiger partial charge is 0.487 e. The smallest absolute Gasteiger partial charge is 0.387 e. The minimum Gasteiger partial charge on any atom is -0.487 e. The molecule has 3 aromatic carbocycles. The van der Waals surface area contributed by atoms with Gasteiger partial charge < -0.3 is 18.9 Å². The molecule has 14 heteroatoms. The van der Waals surface area contributed by atoms with E-state index >= 15 is 0 Å². The molecular weight excluding hydrogens is 746 g/mol. The van der Waals surface area contributed by atoms with Crippen molar-refractivity contribution in [2.45, 2.75) is 70.6 Å². The number of rotatable bonds is 15. The topological polar surface area (TPSA) is 99.2 Å². The Morgan fingerprint density at radius 2 is 1.65 bits per heavy atom. The van der Waals surface area contributed by atoms with Gasteiger partial charge in [0.15, 0.2) is 11.5 Å². The van der Waals surface area contributed by atoms with Gasteiger partial charge in [0.1, 0.15) is 24.1 Å². The Bertz CT molecular complexity index is 1910. The molecule has 4 heterocycles. The fourth-order valence-electron chi connectivity index (χ4n) is 6.78. The molecular formula is C40H40Cl2F3N3O6. The number of aromatic nitrogens is 1. The first-order valence-electron chi connectivity index (χ1n) is 17.7. The summed E-state index contributed by atoms with van der Waals surface area (Å²) < 4.78 is 63.7. The van der Waals surface area contributed by atoms with E-state index in [0.717, 1.165) is 25.9 Å². The second kappa shape index (κ2) is 17.9.